The van der Waals surface area contributed by atoms with E-state index in [1.165, 1.54) is 20.8 Å². The number of carbonyl (C=O) groups excluding carboxylic acids is 1. The summed E-state index contributed by atoms with van der Waals surface area (Å²) in [6.45, 7) is 2.89. The molecule has 0 aromatic rings. The number of carboxylic acid groups (broad SMARTS) is 3. The number of Topliss-reactive ketones (excluding diaryl/α,β-unsaturated/α-hetero) is 1. The van der Waals surface area contributed by atoms with Gasteiger partial charge in [0.25, 0.3) is 11.2 Å². The Labute approximate surface area is 143 Å². The maximum Gasteiger partial charge on any atom is 0.368 e. The fourth-order valence-corrected chi connectivity index (χ4v) is 2.50. The topological polar surface area (TPSA) is 177 Å². The molecule has 144 valence electrons. The molecule has 0 fully saturated rings. The molecule has 0 heterocycles. The lowest BCUT2D eigenvalue weighted by Crippen LogP contribution is -2.81. The molecule has 25 heavy (non-hydrogen) atoms. The number of ether oxygens (including phenoxy) is 3. The third-order valence-corrected chi connectivity index (χ3v) is 3.43. The number of ketones is 1. The first-order valence-electron chi connectivity index (χ1n) is 7.31. The predicted octanol–water partition coefficient (Wildman–Crippen LogP) is -0.895. The van der Waals surface area contributed by atoms with Gasteiger partial charge in [-0.05, 0) is 27.7 Å². The molecule has 0 aliphatic heterocycles. The van der Waals surface area contributed by atoms with Gasteiger partial charge in [0, 0.05) is 19.8 Å². The molecule has 0 amide bonds. The Bertz CT molecular complexity index is 521. The summed E-state index contributed by atoms with van der Waals surface area (Å²) in [6.07, 6.45) is 0. The smallest absolute Gasteiger partial charge is 0.368 e. The van der Waals surface area contributed by atoms with Crippen molar-refractivity contribution in [3.05, 3.63) is 0 Å². The minimum atomic E-state index is -3.95. The SMILES string of the molecule is CCOC(OCC)(C(=O)O)C(O)(C(=O)O)C(OCC)(C(C)=O)C(=O)O. The van der Waals surface area contributed by atoms with Crippen LogP contribution in [0.5, 0.6) is 0 Å². The van der Waals surface area contributed by atoms with Crippen LogP contribution < -0.4 is 0 Å². The van der Waals surface area contributed by atoms with Crippen LogP contribution in [-0.4, -0.2) is 80.9 Å². The lowest BCUT2D eigenvalue weighted by Gasteiger charge is -2.46. The Morgan fingerprint density at radius 2 is 1.16 bits per heavy atom. The van der Waals surface area contributed by atoms with Crippen LogP contribution in [-0.2, 0) is 33.4 Å². The second-order valence-corrected chi connectivity index (χ2v) is 4.78. The lowest BCUT2D eigenvalue weighted by molar-refractivity contribution is -0.334. The minimum Gasteiger partial charge on any atom is -0.479 e. The van der Waals surface area contributed by atoms with E-state index in [4.69, 9.17) is 14.2 Å². The van der Waals surface area contributed by atoms with Gasteiger partial charge in [-0.2, -0.15) is 0 Å². The summed E-state index contributed by atoms with van der Waals surface area (Å²) < 4.78 is 14.5. The van der Waals surface area contributed by atoms with Gasteiger partial charge in [0.15, 0.2) is 5.78 Å². The molecular formula is C14H22O11. The van der Waals surface area contributed by atoms with E-state index in [2.05, 4.69) is 0 Å². The summed E-state index contributed by atoms with van der Waals surface area (Å²) in [5, 5.41) is 39.5. The molecule has 11 nitrogen and oxygen atoms in total. The van der Waals surface area contributed by atoms with E-state index >= 15 is 0 Å². The molecule has 2 unspecified atom stereocenters. The van der Waals surface area contributed by atoms with Crippen molar-refractivity contribution in [1.82, 2.24) is 0 Å². The van der Waals surface area contributed by atoms with Crippen molar-refractivity contribution in [2.45, 2.75) is 44.7 Å². The van der Waals surface area contributed by atoms with Crippen molar-refractivity contribution in [2.75, 3.05) is 19.8 Å². The Balaban J connectivity index is 7.18. The maximum absolute atomic E-state index is 12.1. The van der Waals surface area contributed by atoms with Gasteiger partial charge in [-0.25, -0.2) is 14.4 Å². The molecule has 0 radical (unpaired) electrons. The molecule has 4 N–H and O–H groups in total. The molecule has 11 heteroatoms. The van der Waals surface area contributed by atoms with Crippen molar-refractivity contribution >= 4 is 23.7 Å². The summed E-state index contributed by atoms with van der Waals surface area (Å²) in [5.74, 6) is -11.6. The highest BCUT2D eigenvalue weighted by molar-refractivity contribution is 6.13. The van der Waals surface area contributed by atoms with Crippen LogP contribution in [0.2, 0.25) is 0 Å². The lowest BCUT2D eigenvalue weighted by atomic mass is 9.73. The van der Waals surface area contributed by atoms with E-state index in [9.17, 15) is 39.6 Å². The minimum absolute atomic E-state index is 0.485. The first kappa shape index (κ1) is 22.9. The number of carbonyl (C=O) groups is 4. The summed E-state index contributed by atoms with van der Waals surface area (Å²) in [7, 11) is 0. The van der Waals surface area contributed by atoms with E-state index < -0.39 is 60.5 Å². The van der Waals surface area contributed by atoms with Crippen LogP contribution in [0.1, 0.15) is 27.7 Å². The van der Waals surface area contributed by atoms with Gasteiger partial charge >= 0.3 is 23.7 Å². The molecule has 0 aliphatic carbocycles. The fourth-order valence-electron chi connectivity index (χ4n) is 2.50. The zero-order valence-electron chi connectivity index (χ0n) is 14.3. The van der Waals surface area contributed by atoms with Gasteiger partial charge in [0.1, 0.15) is 0 Å². The molecule has 0 aliphatic rings. The van der Waals surface area contributed by atoms with Gasteiger partial charge < -0.3 is 34.6 Å². The van der Waals surface area contributed by atoms with E-state index in [1.807, 2.05) is 0 Å². The Kier molecular flexibility index (Phi) is 7.64. The molecule has 0 bridgehead atoms. The zero-order valence-corrected chi connectivity index (χ0v) is 14.3. The number of hydrogen-bond donors (Lipinski definition) is 4. The Morgan fingerprint density at radius 3 is 1.36 bits per heavy atom. The molecule has 0 aromatic carbocycles. The average molecular weight is 366 g/mol. The van der Waals surface area contributed by atoms with Crippen LogP contribution in [0.15, 0.2) is 0 Å². The predicted molar refractivity (Wildman–Crippen MR) is 78.9 cm³/mol. The molecule has 0 saturated carbocycles. The first-order chi connectivity index (χ1) is 11.5. The third-order valence-electron chi connectivity index (χ3n) is 3.43. The summed E-state index contributed by atoms with van der Waals surface area (Å²) in [4.78, 5) is 47.6. The van der Waals surface area contributed by atoms with Crippen LogP contribution in [0.25, 0.3) is 0 Å². The largest absolute Gasteiger partial charge is 0.479 e. The van der Waals surface area contributed by atoms with Crippen molar-refractivity contribution in [1.29, 1.82) is 0 Å². The fraction of sp³-hybridized carbons (Fsp3) is 0.714. The monoisotopic (exact) mass is 366 g/mol. The number of rotatable bonds is 12. The summed E-state index contributed by atoms with van der Waals surface area (Å²) >= 11 is 0. The van der Waals surface area contributed by atoms with E-state index in [0.29, 0.717) is 6.92 Å². The summed E-state index contributed by atoms with van der Waals surface area (Å²) in [6, 6.07) is 0. The highest BCUT2D eigenvalue weighted by Crippen LogP contribution is 2.41. The normalized spacial score (nSPS) is 16.5. The van der Waals surface area contributed by atoms with Gasteiger partial charge in [-0.3, -0.25) is 4.79 Å². The van der Waals surface area contributed by atoms with Crippen LogP contribution >= 0.6 is 0 Å². The van der Waals surface area contributed by atoms with Crippen molar-refractivity contribution in [2.24, 2.45) is 0 Å². The summed E-state index contributed by atoms with van der Waals surface area (Å²) in [5.41, 5.74) is -7.46. The molecule has 0 aromatic heterocycles. The molecule has 0 saturated heterocycles. The zero-order chi connectivity index (χ0) is 20.1. The standard InChI is InChI=1S/C14H22O11/c1-5-23-12(8(4)15,9(16)17)13(22,10(18)19)14(11(20)21,24-6-2)25-7-3/h22H,5-7H2,1-4H3,(H,16,17)(H,18,19)(H,20,21). The molecular weight excluding hydrogens is 344 g/mol. The first-order valence-corrected chi connectivity index (χ1v) is 7.31. The van der Waals surface area contributed by atoms with Crippen LogP contribution in [0.3, 0.4) is 0 Å². The average Bonchev–Trinajstić information content (AvgIpc) is 2.50. The number of aliphatic carboxylic acids is 3. The van der Waals surface area contributed by atoms with Crippen LogP contribution in [0, 0.1) is 0 Å². The van der Waals surface area contributed by atoms with Crippen LogP contribution in [0.4, 0.5) is 0 Å². The third kappa shape index (κ3) is 3.23. The highest BCUT2D eigenvalue weighted by Gasteiger charge is 2.79. The number of hydrogen-bond acceptors (Lipinski definition) is 8. The van der Waals surface area contributed by atoms with E-state index in [-0.39, 0.29) is 0 Å². The van der Waals surface area contributed by atoms with Crippen molar-refractivity contribution in [3.8, 4) is 0 Å². The second-order valence-electron chi connectivity index (χ2n) is 4.78. The Morgan fingerprint density at radius 1 is 0.760 bits per heavy atom. The van der Waals surface area contributed by atoms with E-state index in [1.54, 1.807) is 0 Å². The Hall–Kier alpha value is -2.08. The number of carboxylic acids is 3. The molecule has 0 rings (SSSR count). The van der Waals surface area contributed by atoms with Crippen molar-refractivity contribution in [3.63, 3.8) is 0 Å². The van der Waals surface area contributed by atoms with Gasteiger partial charge in [0.2, 0.25) is 0 Å². The highest BCUT2D eigenvalue weighted by atomic mass is 16.7. The van der Waals surface area contributed by atoms with Gasteiger partial charge in [-0.15, -0.1) is 0 Å². The molecule has 0 spiro atoms. The van der Waals surface area contributed by atoms with E-state index in [0.717, 1.165) is 0 Å². The second kappa shape index (κ2) is 8.34. The van der Waals surface area contributed by atoms with Crippen molar-refractivity contribution < 1.29 is 53.8 Å². The van der Waals surface area contributed by atoms with Gasteiger partial charge in [-0.1, -0.05) is 0 Å². The van der Waals surface area contributed by atoms with Gasteiger partial charge in [0.05, 0.1) is 0 Å². The quantitative estimate of drug-likeness (QED) is 0.249. The number of aliphatic hydroxyl groups is 1. The maximum atomic E-state index is 12.1. The molecule has 2 atom stereocenters.